The van der Waals surface area contributed by atoms with E-state index in [-0.39, 0.29) is 5.91 Å². The van der Waals surface area contributed by atoms with Crippen LogP contribution in [0.4, 0.5) is 11.5 Å². The number of carbonyl (C=O) groups excluding carboxylic acids is 1. The standard InChI is InChI=1S/C13H17N5O/c1-7-5-8(2)15-10(6-7)16-13(19)12-11(14)9(3)17-18(12)4/h5-6H,14H2,1-4H3,(H,15,16,19). The summed E-state index contributed by atoms with van der Waals surface area (Å²) in [7, 11) is 1.69. The minimum absolute atomic E-state index is 0.307. The maximum Gasteiger partial charge on any atom is 0.277 e. The van der Waals surface area contributed by atoms with Gasteiger partial charge in [0.2, 0.25) is 0 Å². The predicted octanol–water partition coefficient (Wildman–Crippen LogP) is 1.57. The van der Waals surface area contributed by atoms with Crippen LogP contribution in [0.3, 0.4) is 0 Å². The second-order valence-corrected chi connectivity index (χ2v) is 4.60. The summed E-state index contributed by atoms with van der Waals surface area (Å²) in [6, 6.07) is 3.75. The van der Waals surface area contributed by atoms with Crippen LogP contribution < -0.4 is 11.1 Å². The van der Waals surface area contributed by atoms with Gasteiger partial charge in [-0.15, -0.1) is 0 Å². The largest absolute Gasteiger partial charge is 0.395 e. The third-order valence-corrected chi connectivity index (χ3v) is 2.82. The summed E-state index contributed by atoms with van der Waals surface area (Å²) in [4.78, 5) is 16.5. The van der Waals surface area contributed by atoms with Crippen molar-refractivity contribution in [1.82, 2.24) is 14.8 Å². The lowest BCUT2D eigenvalue weighted by Gasteiger charge is -2.07. The topological polar surface area (TPSA) is 85.8 Å². The van der Waals surface area contributed by atoms with Gasteiger partial charge in [-0.1, -0.05) is 0 Å². The van der Waals surface area contributed by atoms with Crippen LogP contribution in [0, 0.1) is 20.8 Å². The Kier molecular flexibility index (Phi) is 3.25. The van der Waals surface area contributed by atoms with Crippen LogP contribution in [0.25, 0.3) is 0 Å². The molecule has 0 aliphatic heterocycles. The van der Waals surface area contributed by atoms with Gasteiger partial charge >= 0.3 is 0 Å². The molecule has 0 aliphatic carbocycles. The minimum atomic E-state index is -0.307. The van der Waals surface area contributed by atoms with E-state index in [0.29, 0.717) is 22.9 Å². The van der Waals surface area contributed by atoms with E-state index in [1.165, 1.54) is 4.68 Å². The fourth-order valence-electron chi connectivity index (χ4n) is 2.02. The first-order valence-electron chi connectivity index (χ1n) is 5.94. The molecule has 2 aromatic heterocycles. The normalized spacial score (nSPS) is 10.5. The summed E-state index contributed by atoms with van der Waals surface area (Å²) < 4.78 is 1.47. The molecule has 0 bridgehead atoms. The number of nitrogens with one attached hydrogen (secondary N) is 1. The fourth-order valence-corrected chi connectivity index (χ4v) is 2.02. The van der Waals surface area contributed by atoms with Gasteiger partial charge in [-0.3, -0.25) is 9.48 Å². The van der Waals surface area contributed by atoms with Crippen molar-refractivity contribution in [2.45, 2.75) is 20.8 Å². The lowest BCUT2D eigenvalue weighted by atomic mass is 10.2. The maximum absolute atomic E-state index is 12.2. The summed E-state index contributed by atoms with van der Waals surface area (Å²) in [5.74, 6) is 0.207. The molecule has 100 valence electrons. The van der Waals surface area contributed by atoms with Gasteiger partial charge in [-0.05, 0) is 38.5 Å². The number of anilines is 2. The number of nitrogens with two attached hydrogens (primary N) is 1. The summed E-state index contributed by atoms with van der Waals surface area (Å²) >= 11 is 0. The molecule has 19 heavy (non-hydrogen) atoms. The van der Waals surface area contributed by atoms with E-state index in [1.54, 1.807) is 14.0 Å². The first-order chi connectivity index (χ1) is 8.88. The molecule has 0 aliphatic rings. The zero-order valence-corrected chi connectivity index (χ0v) is 11.5. The summed E-state index contributed by atoms with van der Waals surface area (Å²) in [6.45, 7) is 5.60. The zero-order chi connectivity index (χ0) is 14.2. The van der Waals surface area contributed by atoms with Gasteiger partial charge < -0.3 is 11.1 Å². The number of rotatable bonds is 2. The van der Waals surface area contributed by atoms with Crippen LogP contribution in [0.15, 0.2) is 12.1 Å². The van der Waals surface area contributed by atoms with Gasteiger partial charge in [-0.25, -0.2) is 4.98 Å². The van der Waals surface area contributed by atoms with Crippen LogP contribution in [-0.4, -0.2) is 20.7 Å². The average molecular weight is 259 g/mol. The van der Waals surface area contributed by atoms with Crippen LogP contribution in [0.2, 0.25) is 0 Å². The summed E-state index contributed by atoms with van der Waals surface area (Å²) in [5.41, 5.74) is 9.12. The van der Waals surface area contributed by atoms with Crippen molar-refractivity contribution in [3.05, 3.63) is 34.8 Å². The number of pyridine rings is 1. The van der Waals surface area contributed by atoms with E-state index in [0.717, 1.165) is 11.3 Å². The Morgan fingerprint density at radius 1 is 1.32 bits per heavy atom. The number of amides is 1. The zero-order valence-electron chi connectivity index (χ0n) is 11.5. The quantitative estimate of drug-likeness (QED) is 0.857. The molecule has 3 N–H and O–H groups in total. The Labute approximate surface area is 111 Å². The molecule has 6 nitrogen and oxygen atoms in total. The molecule has 0 atom stereocenters. The van der Waals surface area contributed by atoms with E-state index < -0.39 is 0 Å². The molecule has 0 unspecified atom stereocenters. The molecule has 1 amide bonds. The highest BCUT2D eigenvalue weighted by Gasteiger charge is 2.18. The van der Waals surface area contributed by atoms with Crippen LogP contribution in [-0.2, 0) is 7.05 Å². The Balaban J connectivity index is 2.30. The number of aromatic nitrogens is 3. The third-order valence-electron chi connectivity index (χ3n) is 2.82. The minimum Gasteiger partial charge on any atom is -0.395 e. The van der Waals surface area contributed by atoms with Gasteiger partial charge in [0.1, 0.15) is 11.5 Å². The van der Waals surface area contributed by atoms with Crippen molar-refractivity contribution < 1.29 is 4.79 Å². The molecule has 0 fully saturated rings. The lowest BCUT2D eigenvalue weighted by Crippen LogP contribution is -2.18. The van der Waals surface area contributed by atoms with Crippen molar-refractivity contribution in [3.8, 4) is 0 Å². The molecule has 2 heterocycles. The first-order valence-corrected chi connectivity index (χ1v) is 5.94. The third kappa shape index (κ3) is 2.57. The number of hydrogen-bond acceptors (Lipinski definition) is 4. The molecule has 2 rings (SSSR count). The van der Waals surface area contributed by atoms with Crippen LogP contribution in [0.5, 0.6) is 0 Å². The van der Waals surface area contributed by atoms with E-state index in [1.807, 2.05) is 26.0 Å². The Hall–Kier alpha value is -2.37. The monoisotopic (exact) mass is 259 g/mol. The molecule has 0 saturated heterocycles. The molecule has 0 saturated carbocycles. The SMILES string of the molecule is Cc1cc(C)nc(NC(=O)c2c(N)c(C)nn2C)c1. The van der Waals surface area contributed by atoms with Gasteiger partial charge in [0.15, 0.2) is 0 Å². The number of nitrogen functional groups attached to an aromatic ring is 1. The molecular weight excluding hydrogens is 242 g/mol. The second-order valence-electron chi connectivity index (χ2n) is 4.60. The van der Waals surface area contributed by atoms with Gasteiger partial charge in [0.25, 0.3) is 5.91 Å². The molecule has 0 spiro atoms. The van der Waals surface area contributed by atoms with E-state index >= 15 is 0 Å². The fraction of sp³-hybridized carbons (Fsp3) is 0.308. The summed E-state index contributed by atoms with van der Waals surface area (Å²) in [6.07, 6.45) is 0. The smallest absolute Gasteiger partial charge is 0.277 e. The van der Waals surface area contributed by atoms with Crippen molar-refractivity contribution >= 4 is 17.4 Å². The first kappa shape index (κ1) is 13.1. The molecule has 0 aromatic carbocycles. The van der Waals surface area contributed by atoms with Crippen molar-refractivity contribution in [2.75, 3.05) is 11.1 Å². The molecule has 2 aromatic rings. The van der Waals surface area contributed by atoms with Gasteiger partial charge in [-0.2, -0.15) is 5.10 Å². The predicted molar refractivity (Wildman–Crippen MR) is 74.0 cm³/mol. The Bertz CT molecular complexity index is 624. The maximum atomic E-state index is 12.2. The van der Waals surface area contributed by atoms with E-state index in [9.17, 15) is 4.79 Å². The van der Waals surface area contributed by atoms with Gasteiger partial charge in [0, 0.05) is 12.7 Å². The van der Waals surface area contributed by atoms with Crippen molar-refractivity contribution in [2.24, 2.45) is 7.05 Å². The lowest BCUT2D eigenvalue weighted by molar-refractivity contribution is 0.101. The molecule has 6 heteroatoms. The van der Waals surface area contributed by atoms with Crippen molar-refractivity contribution in [1.29, 1.82) is 0 Å². The number of aryl methyl sites for hydroxylation is 4. The second kappa shape index (κ2) is 4.72. The highest BCUT2D eigenvalue weighted by Crippen LogP contribution is 2.17. The molecule has 0 radical (unpaired) electrons. The molecular formula is C13H17N5O. The average Bonchev–Trinajstić information content (AvgIpc) is 2.51. The number of hydrogen-bond donors (Lipinski definition) is 2. The number of carbonyl (C=O) groups is 1. The van der Waals surface area contributed by atoms with E-state index in [4.69, 9.17) is 5.73 Å². The summed E-state index contributed by atoms with van der Waals surface area (Å²) in [5, 5.41) is 6.86. The van der Waals surface area contributed by atoms with E-state index in [2.05, 4.69) is 15.4 Å². The van der Waals surface area contributed by atoms with Gasteiger partial charge in [0.05, 0.1) is 11.4 Å². The number of nitrogens with zero attached hydrogens (tertiary/aromatic N) is 3. The highest BCUT2D eigenvalue weighted by molar-refractivity contribution is 6.06. The Morgan fingerprint density at radius 2 is 2.00 bits per heavy atom. The van der Waals surface area contributed by atoms with Crippen LogP contribution in [0.1, 0.15) is 27.4 Å². The van der Waals surface area contributed by atoms with Crippen LogP contribution >= 0.6 is 0 Å². The Morgan fingerprint density at radius 3 is 2.53 bits per heavy atom. The highest BCUT2D eigenvalue weighted by atomic mass is 16.2. The van der Waals surface area contributed by atoms with Crippen molar-refractivity contribution in [3.63, 3.8) is 0 Å².